The quantitative estimate of drug-likeness (QED) is 0.671. The maximum atomic E-state index is 5.09. The lowest BCUT2D eigenvalue weighted by atomic mass is 10.1. The Labute approximate surface area is 92.1 Å². The molecule has 2 rings (SSSR count). The van der Waals surface area contributed by atoms with Crippen molar-refractivity contribution in [2.75, 3.05) is 0 Å². The minimum atomic E-state index is 0.858. The molecular weight excluding hydrogens is 187 g/mol. The van der Waals surface area contributed by atoms with E-state index in [0.29, 0.717) is 0 Å². The van der Waals surface area contributed by atoms with Crippen LogP contribution >= 0.6 is 0 Å². The molecular formula is C12H9AlO. The number of hydrogen-bond donors (Lipinski definition) is 0. The summed E-state index contributed by atoms with van der Waals surface area (Å²) in [6.07, 6.45) is 0. The third-order valence-electron chi connectivity index (χ3n) is 2.08. The highest BCUT2D eigenvalue weighted by atomic mass is 27.1. The minimum absolute atomic E-state index is 0.858. The third kappa shape index (κ3) is 1.98. The lowest BCUT2D eigenvalue weighted by molar-refractivity contribution is 0.616. The molecule has 2 aromatic rings. The van der Waals surface area contributed by atoms with Gasteiger partial charge in [0.15, 0.2) is 0 Å². The van der Waals surface area contributed by atoms with Crippen LogP contribution < -0.4 is 3.79 Å². The Morgan fingerprint density at radius 3 is 2.21 bits per heavy atom. The molecule has 0 saturated heterocycles. The molecule has 0 aliphatic carbocycles. The molecule has 0 heterocycles. The summed E-state index contributed by atoms with van der Waals surface area (Å²) >= 11 is 2.25. The third-order valence-corrected chi connectivity index (χ3v) is 2.35. The van der Waals surface area contributed by atoms with Gasteiger partial charge in [-0.3, -0.25) is 0 Å². The second-order valence-electron chi connectivity index (χ2n) is 3.01. The van der Waals surface area contributed by atoms with E-state index in [0.717, 1.165) is 5.75 Å². The van der Waals surface area contributed by atoms with E-state index in [1.807, 2.05) is 36.4 Å². The summed E-state index contributed by atoms with van der Waals surface area (Å²) in [5.41, 5.74) is 2.38. The molecule has 2 radical (unpaired) electrons. The van der Waals surface area contributed by atoms with Gasteiger partial charge >= 0.3 is 16.6 Å². The second kappa shape index (κ2) is 4.33. The van der Waals surface area contributed by atoms with Crippen LogP contribution in [0.4, 0.5) is 0 Å². The Morgan fingerprint density at radius 2 is 1.50 bits per heavy atom. The summed E-state index contributed by atoms with van der Waals surface area (Å²) in [5, 5.41) is 0. The highest BCUT2D eigenvalue weighted by Crippen LogP contribution is 2.22. The van der Waals surface area contributed by atoms with Gasteiger partial charge in [-0.2, -0.15) is 0 Å². The van der Waals surface area contributed by atoms with E-state index in [-0.39, 0.29) is 0 Å². The summed E-state index contributed by atoms with van der Waals surface area (Å²) in [5.74, 6) is 0.858. The average Bonchev–Trinajstić information content (AvgIpc) is 2.30. The maximum Gasteiger partial charge on any atom is 0.482 e. The Hall–Kier alpha value is -1.23. The largest absolute Gasteiger partial charge is 0.654 e. The zero-order valence-electron chi connectivity index (χ0n) is 7.68. The number of rotatable bonds is 2. The van der Waals surface area contributed by atoms with Gasteiger partial charge in [-0.25, -0.2) is 0 Å². The molecule has 14 heavy (non-hydrogen) atoms. The zero-order valence-corrected chi connectivity index (χ0v) is 8.84. The fourth-order valence-electron chi connectivity index (χ4n) is 1.38. The van der Waals surface area contributed by atoms with Crippen LogP contribution in [-0.2, 0) is 0 Å². The van der Waals surface area contributed by atoms with Gasteiger partial charge in [0, 0.05) is 0 Å². The van der Waals surface area contributed by atoms with Crippen LogP contribution in [0.5, 0.6) is 5.75 Å². The van der Waals surface area contributed by atoms with Crippen LogP contribution in [0, 0.1) is 0 Å². The van der Waals surface area contributed by atoms with Crippen molar-refractivity contribution >= 4 is 16.6 Å². The SMILES string of the molecule is [Al][O]c1cccc(-c2ccccc2)c1. The molecule has 2 aromatic carbocycles. The molecule has 0 unspecified atom stereocenters. The summed E-state index contributed by atoms with van der Waals surface area (Å²) < 4.78 is 5.09. The minimum Gasteiger partial charge on any atom is -0.654 e. The van der Waals surface area contributed by atoms with E-state index in [1.54, 1.807) is 0 Å². The Kier molecular flexibility index (Phi) is 2.88. The van der Waals surface area contributed by atoms with Crippen molar-refractivity contribution in [3.05, 3.63) is 54.6 Å². The molecule has 0 N–H and O–H groups in total. The van der Waals surface area contributed by atoms with Crippen LogP contribution in [0.2, 0.25) is 0 Å². The molecule has 0 bridgehead atoms. The summed E-state index contributed by atoms with van der Waals surface area (Å²) in [7, 11) is 0. The van der Waals surface area contributed by atoms with E-state index in [9.17, 15) is 0 Å². The summed E-state index contributed by atoms with van der Waals surface area (Å²) in [4.78, 5) is 0. The van der Waals surface area contributed by atoms with E-state index in [2.05, 4.69) is 34.8 Å². The van der Waals surface area contributed by atoms with E-state index >= 15 is 0 Å². The predicted octanol–water partition coefficient (Wildman–Crippen LogP) is 2.82. The van der Waals surface area contributed by atoms with Crippen LogP contribution in [0.1, 0.15) is 0 Å². The normalized spacial score (nSPS) is 9.71. The first-order chi connectivity index (χ1) is 6.90. The smallest absolute Gasteiger partial charge is 0.482 e. The molecule has 2 heteroatoms. The molecule has 0 saturated carbocycles. The van der Waals surface area contributed by atoms with E-state index < -0.39 is 0 Å². The van der Waals surface area contributed by atoms with Crippen LogP contribution in [-0.4, -0.2) is 16.6 Å². The van der Waals surface area contributed by atoms with Crippen molar-refractivity contribution in [1.82, 2.24) is 0 Å². The van der Waals surface area contributed by atoms with Crippen molar-refractivity contribution in [1.29, 1.82) is 0 Å². The van der Waals surface area contributed by atoms with Crippen LogP contribution in [0.25, 0.3) is 11.1 Å². The first-order valence-corrected chi connectivity index (χ1v) is 4.89. The summed E-state index contributed by atoms with van der Waals surface area (Å²) in [6.45, 7) is 0. The standard InChI is InChI=1S/C12H10O.Al/c13-12-8-4-7-11(9-12)10-5-2-1-3-6-10;/h1-9,13H;/q;+1/p-1. The van der Waals surface area contributed by atoms with Crippen LogP contribution in [0.15, 0.2) is 54.6 Å². The van der Waals surface area contributed by atoms with Crippen molar-refractivity contribution in [2.24, 2.45) is 0 Å². The molecule has 0 spiro atoms. The zero-order chi connectivity index (χ0) is 9.80. The van der Waals surface area contributed by atoms with Gasteiger partial charge < -0.3 is 3.79 Å². The van der Waals surface area contributed by atoms with Gasteiger partial charge in [-0.05, 0) is 23.3 Å². The topological polar surface area (TPSA) is 9.23 Å². The monoisotopic (exact) mass is 196 g/mol. The van der Waals surface area contributed by atoms with Crippen molar-refractivity contribution < 1.29 is 3.79 Å². The van der Waals surface area contributed by atoms with Gasteiger partial charge in [0.1, 0.15) is 0 Å². The predicted molar refractivity (Wildman–Crippen MR) is 58.3 cm³/mol. The Balaban J connectivity index is 2.42. The van der Waals surface area contributed by atoms with E-state index in [1.165, 1.54) is 11.1 Å². The Bertz CT molecular complexity index is 412. The highest BCUT2D eigenvalue weighted by molar-refractivity contribution is 6.00. The number of benzene rings is 2. The molecule has 66 valence electrons. The lowest BCUT2D eigenvalue weighted by Gasteiger charge is -2.05. The Morgan fingerprint density at radius 1 is 0.786 bits per heavy atom. The molecule has 0 aromatic heterocycles. The van der Waals surface area contributed by atoms with E-state index in [4.69, 9.17) is 3.79 Å². The van der Waals surface area contributed by atoms with Crippen LogP contribution in [0.3, 0.4) is 0 Å². The number of hydrogen-bond acceptors (Lipinski definition) is 1. The van der Waals surface area contributed by atoms with Crippen molar-refractivity contribution in [3.63, 3.8) is 0 Å². The maximum absolute atomic E-state index is 5.09. The molecule has 0 atom stereocenters. The van der Waals surface area contributed by atoms with Gasteiger partial charge in [0.2, 0.25) is 0 Å². The summed E-state index contributed by atoms with van der Waals surface area (Å²) in [6, 6.07) is 18.3. The molecule has 0 amide bonds. The lowest BCUT2D eigenvalue weighted by Crippen LogP contribution is -1.85. The van der Waals surface area contributed by atoms with Gasteiger partial charge in [0.05, 0.1) is 5.75 Å². The molecule has 0 aliphatic heterocycles. The molecule has 0 aliphatic rings. The second-order valence-corrected chi connectivity index (χ2v) is 3.25. The fraction of sp³-hybridized carbons (Fsp3) is 0. The van der Waals surface area contributed by atoms with Crippen molar-refractivity contribution in [2.45, 2.75) is 0 Å². The molecule has 1 nitrogen and oxygen atoms in total. The van der Waals surface area contributed by atoms with Gasteiger partial charge in [0.25, 0.3) is 0 Å². The first kappa shape index (κ1) is 9.33. The van der Waals surface area contributed by atoms with Gasteiger partial charge in [-0.1, -0.05) is 42.5 Å². The first-order valence-electron chi connectivity index (χ1n) is 4.42. The molecule has 0 fully saturated rings. The van der Waals surface area contributed by atoms with Crippen molar-refractivity contribution in [3.8, 4) is 16.9 Å². The highest BCUT2D eigenvalue weighted by Gasteiger charge is 1.96. The fourth-order valence-corrected chi connectivity index (χ4v) is 1.53. The average molecular weight is 196 g/mol. The van der Waals surface area contributed by atoms with Gasteiger partial charge in [-0.15, -0.1) is 0 Å².